The lowest BCUT2D eigenvalue weighted by Gasteiger charge is -2.38. The van der Waals surface area contributed by atoms with Crippen molar-refractivity contribution < 1.29 is 14.3 Å². The number of carbonyl (C=O) groups excluding carboxylic acids is 1. The highest BCUT2D eigenvalue weighted by Gasteiger charge is 2.37. The van der Waals surface area contributed by atoms with Gasteiger partial charge in [0.25, 0.3) is 0 Å². The summed E-state index contributed by atoms with van der Waals surface area (Å²) in [5.74, 6) is 2.13. The van der Waals surface area contributed by atoms with E-state index in [4.69, 9.17) is 9.47 Å². The number of fused-ring (bicyclic) bond motifs is 2. The molecular formula is C20H27N3O3. The second-order valence-electron chi connectivity index (χ2n) is 7.22. The van der Waals surface area contributed by atoms with Crippen molar-refractivity contribution in [3.63, 3.8) is 0 Å². The number of nitrogens with zero attached hydrogens (tertiary/aromatic N) is 2. The summed E-state index contributed by atoms with van der Waals surface area (Å²) in [6, 6.07) is 7.98. The lowest BCUT2D eigenvalue weighted by molar-refractivity contribution is -0.129. The van der Waals surface area contributed by atoms with Gasteiger partial charge in [0.15, 0.2) is 0 Å². The van der Waals surface area contributed by atoms with E-state index in [0.717, 1.165) is 56.0 Å². The van der Waals surface area contributed by atoms with Gasteiger partial charge in [-0.2, -0.15) is 0 Å². The Bertz CT molecular complexity index is 687. The number of nitrogens with one attached hydrogen (secondary N) is 1. The maximum absolute atomic E-state index is 13.2. The molecule has 140 valence electrons. The number of hydrogen-bond acceptors (Lipinski definition) is 5. The van der Waals surface area contributed by atoms with Crippen LogP contribution < -0.4 is 14.9 Å². The Morgan fingerprint density at radius 2 is 2.15 bits per heavy atom. The van der Waals surface area contributed by atoms with Crippen LogP contribution >= 0.6 is 0 Å². The van der Waals surface area contributed by atoms with Crippen LogP contribution in [0.5, 0.6) is 11.5 Å². The summed E-state index contributed by atoms with van der Waals surface area (Å²) < 4.78 is 11.1. The van der Waals surface area contributed by atoms with Crippen LogP contribution in [0.2, 0.25) is 0 Å². The molecule has 6 heteroatoms. The Labute approximate surface area is 154 Å². The number of rotatable bonds is 7. The van der Waals surface area contributed by atoms with Crippen LogP contribution in [0.25, 0.3) is 0 Å². The fraction of sp³-hybridized carbons (Fsp3) is 0.550. The number of amides is 1. The highest BCUT2D eigenvalue weighted by Crippen LogP contribution is 2.32. The summed E-state index contributed by atoms with van der Waals surface area (Å²) in [7, 11) is 1.65. The van der Waals surface area contributed by atoms with Gasteiger partial charge >= 0.3 is 0 Å². The number of hydrogen-bond donors (Lipinski definition) is 1. The molecule has 2 atom stereocenters. The molecule has 2 unspecified atom stereocenters. The molecule has 3 aliphatic rings. The molecule has 1 aromatic carbocycles. The molecule has 1 aromatic rings. The fourth-order valence-electron chi connectivity index (χ4n) is 3.80. The fourth-order valence-corrected chi connectivity index (χ4v) is 3.80. The molecule has 1 saturated carbocycles. The monoisotopic (exact) mass is 357 g/mol. The van der Waals surface area contributed by atoms with E-state index in [1.807, 2.05) is 29.2 Å². The zero-order chi connectivity index (χ0) is 17.9. The molecule has 1 N–H and O–H groups in total. The maximum Gasteiger partial charge on any atom is 0.250 e. The molecule has 2 bridgehead atoms. The van der Waals surface area contributed by atoms with Gasteiger partial charge in [-0.15, -0.1) is 0 Å². The second-order valence-corrected chi connectivity index (χ2v) is 7.22. The predicted octanol–water partition coefficient (Wildman–Crippen LogP) is 1.83. The van der Waals surface area contributed by atoms with Crippen molar-refractivity contribution in [1.82, 2.24) is 15.3 Å². The van der Waals surface area contributed by atoms with Gasteiger partial charge in [-0.05, 0) is 31.4 Å². The Morgan fingerprint density at radius 1 is 1.31 bits per heavy atom. The second kappa shape index (κ2) is 7.68. The van der Waals surface area contributed by atoms with Gasteiger partial charge in [-0.1, -0.05) is 12.1 Å². The summed E-state index contributed by atoms with van der Waals surface area (Å²) in [5, 5.41) is 2.21. The molecule has 4 rings (SSSR count). The first-order chi connectivity index (χ1) is 12.7. The van der Waals surface area contributed by atoms with Gasteiger partial charge in [-0.25, -0.2) is 5.01 Å². The van der Waals surface area contributed by atoms with Crippen LogP contribution in [0.3, 0.4) is 0 Å². The highest BCUT2D eigenvalue weighted by molar-refractivity contribution is 5.94. The van der Waals surface area contributed by atoms with E-state index in [1.54, 1.807) is 7.11 Å². The number of hydrazine groups is 1. The molecule has 0 radical (unpaired) electrons. The van der Waals surface area contributed by atoms with E-state index in [2.05, 4.69) is 16.5 Å². The minimum atomic E-state index is 0.216. The van der Waals surface area contributed by atoms with Gasteiger partial charge in [0, 0.05) is 43.2 Å². The molecule has 1 saturated heterocycles. The minimum Gasteiger partial charge on any atom is -0.497 e. The first kappa shape index (κ1) is 17.4. The average Bonchev–Trinajstić information content (AvgIpc) is 3.50. The Morgan fingerprint density at radius 3 is 2.96 bits per heavy atom. The zero-order valence-corrected chi connectivity index (χ0v) is 15.3. The Hall–Kier alpha value is -2.05. The van der Waals surface area contributed by atoms with Crippen molar-refractivity contribution in [2.45, 2.75) is 25.3 Å². The molecule has 1 amide bonds. The molecule has 2 aliphatic heterocycles. The van der Waals surface area contributed by atoms with Crippen molar-refractivity contribution in [3.05, 3.63) is 35.9 Å². The molecule has 0 aromatic heterocycles. The summed E-state index contributed by atoms with van der Waals surface area (Å²) in [6.45, 7) is 3.85. The number of methoxy groups -OCH3 is 1. The quantitative estimate of drug-likeness (QED) is 0.807. The number of ether oxygens (including phenoxy) is 2. The zero-order valence-electron chi connectivity index (χ0n) is 15.3. The predicted molar refractivity (Wildman–Crippen MR) is 99.0 cm³/mol. The smallest absolute Gasteiger partial charge is 0.250 e. The lowest BCUT2D eigenvalue weighted by atomic mass is 9.90. The molecule has 1 aliphatic carbocycles. The van der Waals surface area contributed by atoms with Gasteiger partial charge in [0.05, 0.1) is 13.7 Å². The molecular weight excluding hydrogens is 330 g/mol. The van der Waals surface area contributed by atoms with Crippen molar-refractivity contribution in [2.24, 2.45) is 5.92 Å². The molecule has 2 heterocycles. The molecule has 0 spiro atoms. The summed E-state index contributed by atoms with van der Waals surface area (Å²) >= 11 is 0. The third-order valence-corrected chi connectivity index (χ3v) is 5.38. The molecule has 2 fully saturated rings. The van der Waals surface area contributed by atoms with Crippen molar-refractivity contribution >= 4 is 5.91 Å². The molecule has 6 nitrogen and oxygen atoms in total. The SMILES string of the molecule is COc1cccc(OCCN(C(=O)C2=CCN3CC2CCN3)C2CC2)c1. The number of carbonyl (C=O) groups is 1. The van der Waals surface area contributed by atoms with Crippen molar-refractivity contribution in [2.75, 3.05) is 39.9 Å². The van der Waals surface area contributed by atoms with E-state index < -0.39 is 0 Å². The van der Waals surface area contributed by atoms with E-state index >= 15 is 0 Å². The standard InChI is InChI=1S/C20H27N3O3/c1-25-17-3-2-4-18(13-17)26-12-11-23(16-5-6-16)20(24)19-8-10-22-14-15(19)7-9-21-22/h2-4,8,13,15-16,21H,5-7,9-12,14H2,1H3. The van der Waals surface area contributed by atoms with Crippen molar-refractivity contribution in [3.8, 4) is 11.5 Å². The van der Waals surface area contributed by atoms with Gasteiger partial charge in [0.2, 0.25) is 5.91 Å². The third-order valence-electron chi connectivity index (χ3n) is 5.38. The third kappa shape index (κ3) is 3.86. The van der Waals surface area contributed by atoms with E-state index in [1.165, 1.54) is 0 Å². The first-order valence-corrected chi connectivity index (χ1v) is 9.51. The molecule has 26 heavy (non-hydrogen) atoms. The van der Waals surface area contributed by atoms with E-state index in [9.17, 15) is 4.79 Å². The lowest BCUT2D eigenvalue weighted by Crippen LogP contribution is -2.52. The Balaban J connectivity index is 1.37. The van der Waals surface area contributed by atoms with Crippen LogP contribution in [0.4, 0.5) is 0 Å². The Kier molecular flexibility index (Phi) is 5.13. The largest absolute Gasteiger partial charge is 0.497 e. The highest BCUT2D eigenvalue weighted by atomic mass is 16.5. The summed E-state index contributed by atoms with van der Waals surface area (Å²) in [5.41, 5.74) is 4.38. The van der Waals surface area contributed by atoms with Gasteiger partial charge in [-0.3, -0.25) is 10.2 Å². The maximum atomic E-state index is 13.2. The van der Waals surface area contributed by atoms with Crippen LogP contribution in [0.15, 0.2) is 35.9 Å². The summed E-state index contributed by atoms with van der Waals surface area (Å²) in [6.07, 6.45) is 5.36. The van der Waals surface area contributed by atoms with E-state index in [0.29, 0.717) is 25.1 Å². The topological polar surface area (TPSA) is 54.0 Å². The first-order valence-electron chi connectivity index (χ1n) is 9.51. The van der Waals surface area contributed by atoms with Crippen LogP contribution in [0.1, 0.15) is 19.3 Å². The van der Waals surface area contributed by atoms with Crippen molar-refractivity contribution in [1.29, 1.82) is 0 Å². The van der Waals surface area contributed by atoms with Gasteiger partial charge in [0.1, 0.15) is 18.1 Å². The number of benzene rings is 1. The van der Waals surface area contributed by atoms with Gasteiger partial charge < -0.3 is 14.4 Å². The normalized spacial score (nSPS) is 24.6. The average molecular weight is 357 g/mol. The van der Waals surface area contributed by atoms with Crippen LogP contribution in [0, 0.1) is 5.92 Å². The van der Waals surface area contributed by atoms with Crippen LogP contribution in [-0.4, -0.2) is 61.8 Å². The van der Waals surface area contributed by atoms with E-state index in [-0.39, 0.29) is 5.91 Å². The summed E-state index contributed by atoms with van der Waals surface area (Å²) in [4.78, 5) is 15.2. The minimum absolute atomic E-state index is 0.216. The van der Waals surface area contributed by atoms with Crippen LogP contribution in [-0.2, 0) is 4.79 Å².